The van der Waals surface area contributed by atoms with Crippen molar-refractivity contribution in [2.24, 2.45) is 0 Å². The monoisotopic (exact) mass is 189 g/mol. The van der Waals surface area contributed by atoms with Crippen LogP contribution in [-0.2, 0) is 6.54 Å². The molecule has 0 aliphatic rings. The summed E-state index contributed by atoms with van der Waals surface area (Å²) in [7, 11) is 1.68. The number of amides is 1. The van der Waals surface area contributed by atoms with Crippen molar-refractivity contribution in [2.75, 3.05) is 7.05 Å². The second-order valence-corrected chi connectivity index (χ2v) is 3.54. The Morgan fingerprint density at radius 1 is 1.82 bits per heavy atom. The van der Waals surface area contributed by atoms with Crippen LogP contribution >= 0.6 is 22.9 Å². The minimum absolute atomic E-state index is 0.418. The molecular weight excluding hydrogens is 182 g/mol. The van der Waals surface area contributed by atoms with Crippen LogP contribution in [0.15, 0.2) is 17.5 Å². The van der Waals surface area contributed by atoms with Gasteiger partial charge < -0.3 is 4.90 Å². The van der Waals surface area contributed by atoms with Gasteiger partial charge in [-0.05, 0) is 23.0 Å². The lowest BCUT2D eigenvalue weighted by atomic mass is 10.4. The highest BCUT2D eigenvalue weighted by atomic mass is 35.5. The van der Waals surface area contributed by atoms with Gasteiger partial charge in [0.2, 0.25) is 0 Å². The summed E-state index contributed by atoms with van der Waals surface area (Å²) < 4.78 is 0. The Kier molecular flexibility index (Phi) is 2.91. The number of hydrogen-bond acceptors (Lipinski definition) is 2. The zero-order valence-electron chi connectivity index (χ0n) is 6.08. The average Bonchev–Trinajstić information content (AvgIpc) is 2.39. The number of hydrogen-bond donors (Lipinski definition) is 0. The van der Waals surface area contributed by atoms with Crippen molar-refractivity contribution in [1.29, 1.82) is 0 Å². The molecule has 0 atom stereocenters. The van der Waals surface area contributed by atoms with Gasteiger partial charge >= 0.3 is 5.37 Å². The van der Waals surface area contributed by atoms with Gasteiger partial charge in [0, 0.05) is 11.9 Å². The molecule has 0 saturated heterocycles. The highest BCUT2D eigenvalue weighted by molar-refractivity contribution is 7.09. The van der Waals surface area contributed by atoms with E-state index in [0.29, 0.717) is 6.54 Å². The second kappa shape index (κ2) is 3.74. The number of rotatable bonds is 2. The summed E-state index contributed by atoms with van der Waals surface area (Å²) in [4.78, 5) is 13.2. The van der Waals surface area contributed by atoms with Gasteiger partial charge in [0.25, 0.3) is 0 Å². The summed E-state index contributed by atoms with van der Waals surface area (Å²) in [6.07, 6.45) is 0. The highest BCUT2D eigenvalue weighted by Crippen LogP contribution is 2.11. The normalized spacial score (nSPS) is 9.64. The molecule has 1 heterocycles. The molecule has 0 bridgehead atoms. The third-order valence-corrected chi connectivity index (χ3v) is 2.42. The van der Waals surface area contributed by atoms with Crippen molar-refractivity contribution in [1.82, 2.24) is 4.90 Å². The van der Waals surface area contributed by atoms with E-state index in [1.165, 1.54) is 4.90 Å². The molecule has 60 valence electrons. The molecule has 0 aromatic carbocycles. The quantitative estimate of drug-likeness (QED) is 0.517. The molecule has 0 fully saturated rings. The van der Waals surface area contributed by atoms with Crippen molar-refractivity contribution < 1.29 is 4.79 Å². The molecule has 11 heavy (non-hydrogen) atoms. The lowest BCUT2D eigenvalue weighted by molar-refractivity contribution is 0.231. The molecule has 4 heteroatoms. The number of halogens is 1. The first-order valence-corrected chi connectivity index (χ1v) is 4.39. The molecule has 0 aliphatic carbocycles. The Hall–Kier alpha value is -0.540. The number of nitrogens with zero attached hydrogens (tertiary/aromatic N) is 1. The van der Waals surface area contributed by atoms with Gasteiger partial charge in [-0.2, -0.15) is 0 Å². The van der Waals surface area contributed by atoms with Gasteiger partial charge in [-0.1, -0.05) is 6.07 Å². The Balaban J connectivity index is 2.50. The van der Waals surface area contributed by atoms with Crippen molar-refractivity contribution >= 4 is 28.3 Å². The minimum atomic E-state index is -0.418. The Labute approximate surface area is 74.4 Å². The van der Waals surface area contributed by atoms with Crippen LogP contribution in [0.4, 0.5) is 4.79 Å². The maximum Gasteiger partial charge on any atom is 0.316 e. The van der Waals surface area contributed by atoms with E-state index in [4.69, 9.17) is 11.6 Å². The summed E-state index contributed by atoms with van der Waals surface area (Å²) >= 11 is 6.85. The predicted molar refractivity (Wildman–Crippen MR) is 47.0 cm³/mol. The van der Waals surface area contributed by atoms with Crippen molar-refractivity contribution in [3.8, 4) is 0 Å². The fourth-order valence-electron chi connectivity index (χ4n) is 0.698. The summed E-state index contributed by atoms with van der Waals surface area (Å²) in [5, 5.41) is 1.56. The van der Waals surface area contributed by atoms with Gasteiger partial charge in [-0.25, -0.2) is 0 Å². The first-order chi connectivity index (χ1) is 5.20. The van der Waals surface area contributed by atoms with Crippen molar-refractivity contribution in [3.05, 3.63) is 22.4 Å². The van der Waals surface area contributed by atoms with Gasteiger partial charge in [0.05, 0.1) is 6.54 Å². The molecule has 0 aliphatic heterocycles. The topological polar surface area (TPSA) is 20.3 Å². The molecule has 1 rings (SSSR count). The van der Waals surface area contributed by atoms with E-state index in [2.05, 4.69) is 0 Å². The molecule has 1 amide bonds. The van der Waals surface area contributed by atoms with E-state index < -0.39 is 5.37 Å². The molecule has 1 aromatic heterocycles. The molecule has 0 radical (unpaired) electrons. The maximum absolute atomic E-state index is 10.6. The van der Waals surface area contributed by atoms with Crippen LogP contribution in [0.2, 0.25) is 0 Å². The third-order valence-electron chi connectivity index (χ3n) is 1.27. The Morgan fingerprint density at radius 3 is 3.00 bits per heavy atom. The van der Waals surface area contributed by atoms with Gasteiger partial charge in [-0.3, -0.25) is 4.79 Å². The van der Waals surface area contributed by atoms with Crippen LogP contribution in [0.3, 0.4) is 0 Å². The first kappa shape index (κ1) is 8.56. The lowest BCUT2D eigenvalue weighted by Crippen LogP contribution is -2.19. The van der Waals surface area contributed by atoms with Gasteiger partial charge in [0.1, 0.15) is 0 Å². The van der Waals surface area contributed by atoms with Gasteiger partial charge in [-0.15, -0.1) is 11.3 Å². The van der Waals surface area contributed by atoms with E-state index in [0.717, 1.165) is 4.88 Å². The molecule has 0 spiro atoms. The largest absolute Gasteiger partial charge is 0.327 e. The summed E-state index contributed by atoms with van der Waals surface area (Å²) in [5.41, 5.74) is 0. The Bertz CT molecular complexity index is 235. The third kappa shape index (κ3) is 2.52. The van der Waals surface area contributed by atoms with Crippen LogP contribution in [0, 0.1) is 0 Å². The molecule has 2 nitrogen and oxygen atoms in total. The highest BCUT2D eigenvalue weighted by Gasteiger charge is 2.04. The van der Waals surface area contributed by atoms with E-state index >= 15 is 0 Å². The van der Waals surface area contributed by atoms with Crippen LogP contribution in [-0.4, -0.2) is 17.3 Å². The lowest BCUT2D eigenvalue weighted by Gasteiger charge is -2.10. The molecule has 0 saturated carbocycles. The SMILES string of the molecule is CN(Cc1cccs1)C(=O)Cl. The van der Waals surface area contributed by atoms with Crippen molar-refractivity contribution in [3.63, 3.8) is 0 Å². The van der Waals surface area contributed by atoms with Crippen LogP contribution in [0.1, 0.15) is 4.88 Å². The van der Waals surface area contributed by atoms with Crippen molar-refractivity contribution in [2.45, 2.75) is 6.54 Å². The number of carbonyl (C=O) groups excluding carboxylic acids is 1. The first-order valence-electron chi connectivity index (χ1n) is 3.13. The van der Waals surface area contributed by atoms with E-state index in [1.807, 2.05) is 17.5 Å². The summed E-state index contributed by atoms with van der Waals surface area (Å²) in [6.45, 7) is 0.597. The maximum atomic E-state index is 10.6. The minimum Gasteiger partial charge on any atom is -0.327 e. The predicted octanol–water partition coefficient (Wildman–Crippen LogP) is 2.54. The van der Waals surface area contributed by atoms with Crippen LogP contribution in [0.5, 0.6) is 0 Å². The standard InChI is InChI=1S/C7H8ClNOS/c1-9(7(8)10)5-6-3-2-4-11-6/h2-4H,5H2,1H3. The molecule has 0 N–H and O–H groups in total. The summed E-state index contributed by atoms with van der Waals surface area (Å²) in [6, 6.07) is 3.92. The van der Waals surface area contributed by atoms with E-state index in [9.17, 15) is 4.79 Å². The fraction of sp³-hybridized carbons (Fsp3) is 0.286. The second-order valence-electron chi connectivity index (χ2n) is 2.19. The average molecular weight is 190 g/mol. The zero-order chi connectivity index (χ0) is 8.27. The van der Waals surface area contributed by atoms with Gasteiger partial charge in [0.15, 0.2) is 0 Å². The summed E-state index contributed by atoms with van der Waals surface area (Å²) in [5.74, 6) is 0. The molecule has 1 aromatic rings. The molecular formula is C7H8ClNOS. The fourth-order valence-corrected chi connectivity index (χ4v) is 1.52. The number of carbonyl (C=O) groups is 1. The van der Waals surface area contributed by atoms with Crippen LogP contribution in [0.25, 0.3) is 0 Å². The van der Waals surface area contributed by atoms with E-state index in [1.54, 1.807) is 18.4 Å². The number of thiophene rings is 1. The smallest absolute Gasteiger partial charge is 0.316 e. The Morgan fingerprint density at radius 2 is 2.55 bits per heavy atom. The molecule has 0 unspecified atom stereocenters. The van der Waals surface area contributed by atoms with E-state index in [-0.39, 0.29) is 0 Å². The van der Waals surface area contributed by atoms with Crippen LogP contribution < -0.4 is 0 Å². The zero-order valence-corrected chi connectivity index (χ0v) is 7.65.